The summed E-state index contributed by atoms with van der Waals surface area (Å²) >= 11 is 0. The SMILES string of the molecule is Cc1cccc(OCCN2CCC(=O)CC2)c1. The van der Waals surface area contributed by atoms with Gasteiger partial charge in [0.15, 0.2) is 0 Å². The minimum absolute atomic E-state index is 0.390. The van der Waals surface area contributed by atoms with Gasteiger partial charge in [-0.1, -0.05) is 12.1 Å². The van der Waals surface area contributed by atoms with Crippen molar-refractivity contribution in [2.75, 3.05) is 26.2 Å². The van der Waals surface area contributed by atoms with Crippen LogP contribution >= 0.6 is 0 Å². The Hall–Kier alpha value is -1.35. The fraction of sp³-hybridized carbons (Fsp3) is 0.500. The molecule has 0 saturated carbocycles. The Morgan fingerprint density at radius 2 is 2.06 bits per heavy atom. The van der Waals surface area contributed by atoms with Gasteiger partial charge >= 0.3 is 0 Å². The molecule has 0 atom stereocenters. The first-order valence-electron chi connectivity index (χ1n) is 6.17. The van der Waals surface area contributed by atoms with Crippen molar-refractivity contribution in [2.24, 2.45) is 0 Å². The first kappa shape index (κ1) is 12.1. The maximum absolute atomic E-state index is 11.1. The summed E-state index contributed by atoms with van der Waals surface area (Å²) in [5.74, 6) is 1.32. The number of ether oxygens (including phenoxy) is 1. The highest BCUT2D eigenvalue weighted by molar-refractivity contribution is 5.79. The summed E-state index contributed by atoms with van der Waals surface area (Å²) in [4.78, 5) is 13.4. The Morgan fingerprint density at radius 3 is 2.76 bits per heavy atom. The van der Waals surface area contributed by atoms with Gasteiger partial charge in [0.1, 0.15) is 18.1 Å². The molecule has 0 N–H and O–H groups in total. The topological polar surface area (TPSA) is 29.5 Å². The van der Waals surface area contributed by atoms with Crippen LogP contribution in [-0.4, -0.2) is 36.9 Å². The molecule has 0 amide bonds. The van der Waals surface area contributed by atoms with Crippen molar-refractivity contribution in [1.29, 1.82) is 0 Å². The van der Waals surface area contributed by atoms with E-state index in [-0.39, 0.29) is 0 Å². The lowest BCUT2D eigenvalue weighted by atomic mass is 10.1. The zero-order valence-corrected chi connectivity index (χ0v) is 10.3. The predicted molar refractivity (Wildman–Crippen MR) is 67.4 cm³/mol. The summed E-state index contributed by atoms with van der Waals surface area (Å²) in [5.41, 5.74) is 1.21. The van der Waals surface area contributed by atoms with Gasteiger partial charge in [0.2, 0.25) is 0 Å². The number of Topliss-reactive ketones (excluding diaryl/α,β-unsaturated/α-hetero) is 1. The summed E-state index contributed by atoms with van der Waals surface area (Å²) in [6.45, 7) is 5.42. The van der Waals surface area contributed by atoms with Crippen molar-refractivity contribution in [3.8, 4) is 5.75 Å². The van der Waals surface area contributed by atoms with Crippen LogP contribution in [0.1, 0.15) is 18.4 Å². The number of rotatable bonds is 4. The zero-order chi connectivity index (χ0) is 12.1. The number of benzene rings is 1. The number of carbonyl (C=O) groups is 1. The molecular weight excluding hydrogens is 214 g/mol. The number of piperidine rings is 1. The van der Waals surface area contributed by atoms with Crippen molar-refractivity contribution in [3.63, 3.8) is 0 Å². The first-order valence-corrected chi connectivity index (χ1v) is 6.17. The highest BCUT2D eigenvalue weighted by atomic mass is 16.5. The van der Waals surface area contributed by atoms with E-state index in [9.17, 15) is 4.79 Å². The average molecular weight is 233 g/mol. The molecule has 0 radical (unpaired) electrons. The third-order valence-corrected chi connectivity index (χ3v) is 3.08. The van der Waals surface area contributed by atoms with Crippen LogP contribution < -0.4 is 4.74 Å². The third kappa shape index (κ3) is 3.86. The molecule has 0 aliphatic carbocycles. The van der Waals surface area contributed by atoms with Crippen molar-refractivity contribution in [1.82, 2.24) is 4.90 Å². The molecule has 92 valence electrons. The molecule has 0 unspecified atom stereocenters. The Morgan fingerprint density at radius 1 is 1.29 bits per heavy atom. The van der Waals surface area contributed by atoms with Gasteiger partial charge in [-0.25, -0.2) is 0 Å². The van der Waals surface area contributed by atoms with E-state index >= 15 is 0 Å². The lowest BCUT2D eigenvalue weighted by Gasteiger charge is -2.25. The minimum atomic E-state index is 0.390. The van der Waals surface area contributed by atoms with Gasteiger partial charge in [-0.2, -0.15) is 0 Å². The van der Waals surface area contributed by atoms with Gasteiger partial charge in [0.05, 0.1) is 0 Å². The number of nitrogens with zero attached hydrogens (tertiary/aromatic N) is 1. The van der Waals surface area contributed by atoms with E-state index in [2.05, 4.69) is 17.9 Å². The molecule has 1 heterocycles. The molecule has 1 aliphatic heterocycles. The van der Waals surface area contributed by atoms with Crippen LogP contribution in [0.3, 0.4) is 0 Å². The highest BCUT2D eigenvalue weighted by Gasteiger charge is 2.15. The monoisotopic (exact) mass is 233 g/mol. The molecule has 3 nitrogen and oxygen atoms in total. The Bertz CT molecular complexity index is 380. The molecule has 1 saturated heterocycles. The van der Waals surface area contributed by atoms with Crippen LogP contribution in [0.5, 0.6) is 5.75 Å². The quantitative estimate of drug-likeness (QED) is 0.797. The normalized spacial score (nSPS) is 17.1. The number of ketones is 1. The minimum Gasteiger partial charge on any atom is -0.492 e. The van der Waals surface area contributed by atoms with Gasteiger partial charge in [-0.05, 0) is 24.6 Å². The van der Waals surface area contributed by atoms with Crippen LogP contribution in [-0.2, 0) is 4.79 Å². The van der Waals surface area contributed by atoms with Crippen molar-refractivity contribution in [3.05, 3.63) is 29.8 Å². The predicted octanol–water partition coefficient (Wildman–Crippen LogP) is 2.04. The summed E-state index contributed by atoms with van der Waals surface area (Å²) in [6, 6.07) is 8.08. The number of carbonyl (C=O) groups excluding carboxylic acids is 1. The second kappa shape index (κ2) is 5.82. The standard InChI is InChI=1S/C14H19NO2/c1-12-3-2-4-14(11-12)17-10-9-15-7-5-13(16)6-8-15/h2-4,11H,5-10H2,1H3. The molecule has 1 aromatic carbocycles. The van der Waals surface area contributed by atoms with Crippen molar-refractivity contribution >= 4 is 5.78 Å². The number of hydrogen-bond donors (Lipinski definition) is 0. The maximum atomic E-state index is 11.1. The highest BCUT2D eigenvalue weighted by Crippen LogP contribution is 2.12. The van der Waals surface area contributed by atoms with E-state index in [4.69, 9.17) is 4.74 Å². The second-order valence-corrected chi connectivity index (χ2v) is 4.55. The van der Waals surface area contributed by atoms with E-state index in [0.717, 1.165) is 25.4 Å². The lowest BCUT2D eigenvalue weighted by molar-refractivity contribution is -0.121. The molecule has 0 bridgehead atoms. The zero-order valence-electron chi connectivity index (χ0n) is 10.3. The maximum Gasteiger partial charge on any atom is 0.135 e. The van der Waals surface area contributed by atoms with E-state index in [0.29, 0.717) is 25.2 Å². The smallest absolute Gasteiger partial charge is 0.135 e. The Balaban J connectivity index is 1.71. The van der Waals surface area contributed by atoms with E-state index in [1.807, 2.05) is 18.2 Å². The fourth-order valence-electron chi connectivity index (χ4n) is 2.02. The Kier molecular flexibility index (Phi) is 4.15. The van der Waals surface area contributed by atoms with E-state index < -0.39 is 0 Å². The molecule has 1 aliphatic rings. The number of hydrogen-bond acceptors (Lipinski definition) is 3. The first-order chi connectivity index (χ1) is 8.24. The van der Waals surface area contributed by atoms with E-state index in [1.165, 1.54) is 5.56 Å². The number of aryl methyl sites for hydroxylation is 1. The molecule has 17 heavy (non-hydrogen) atoms. The van der Waals surface area contributed by atoms with Crippen LogP contribution in [0.15, 0.2) is 24.3 Å². The van der Waals surface area contributed by atoms with Gasteiger partial charge < -0.3 is 4.74 Å². The van der Waals surface area contributed by atoms with Crippen LogP contribution in [0.25, 0.3) is 0 Å². The van der Waals surface area contributed by atoms with Gasteiger partial charge in [0, 0.05) is 32.5 Å². The van der Waals surface area contributed by atoms with Crippen molar-refractivity contribution in [2.45, 2.75) is 19.8 Å². The molecule has 2 rings (SSSR count). The summed E-state index contributed by atoms with van der Waals surface area (Å²) in [6.07, 6.45) is 1.40. The van der Waals surface area contributed by atoms with E-state index in [1.54, 1.807) is 0 Å². The van der Waals surface area contributed by atoms with Crippen LogP contribution in [0.2, 0.25) is 0 Å². The third-order valence-electron chi connectivity index (χ3n) is 3.08. The van der Waals surface area contributed by atoms with Crippen LogP contribution in [0, 0.1) is 6.92 Å². The summed E-state index contributed by atoms with van der Waals surface area (Å²) in [7, 11) is 0. The summed E-state index contributed by atoms with van der Waals surface area (Å²) in [5, 5.41) is 0. The second-order valence-electron chi connectivity index (χ2n) is 4.55. The van der Waals surface area contributed by atoms with Gasteiger partial charge in [-0.15, -0.1) is 0 Å². The molecule has 3 heteroatoms. The summed E-state index contributed by atoms with van der Waals surface area (Å²) < 4.78 is 5.69. The molecule has 1 aromatic rings. The molecule has 0 aromatic heterocycles. The van der Waals surface area contributed by atoms with Gasteiger partial charge in [0.25, 0.3) is 0 Å². The fourth-order valence-corrected chi connectivity index (χ4v) is 2.02. The van der Waals surface area contributed by atoms with Gasteiger partial charge in [-0.3, -0.25) is 9.69 Å². The molecular formula is C14H19NO2. The lowest BCUT2D eigenvalue weighted by Crippen LogP contribution is -2.36. The Labute approximate surface area is 102 Å². The molecule has 1 fully saturated rings. The largest absolute Gasteiger partial charge is 0.492 e. The number of likely N-dealkylation sites (tertiary alicyclic amines) is 1. The van der Waals surface area contributed by atoms with Crippen LogP contribution in [0.4, 0.5) is 0 Å². The van der Waals surface area contributed by atoms with Crippen molar-refractivity contribution < 1.29 is 9.53 Å². The average Bonchev–Trinajstić information content (AvgIpc) is 2.32. The molecule has 0 spiro atoms.